The van der Waals surface area contributed by atoms with Crippen LogP contribution in [0.5, 0.6) is 0 Å². The van der Waals surface area contributed by atoms with Gasteiger partial charge < -0.3 is 21.5 Å². The van der Waals surface area contributed by atoms with E-state index in [1.165, 1.54) is 0 Å². The normalized spacial score (nSPS) is 11.4. The molecule has 0 saturated carbocycles. The van der Waals surface area contributed by atoms with Crippen molar-refractivity contribution in [3.8, 4) is 0 Å². The molecular weight excluding hydrogens is 346 g/mol. The molecule has 1 atom stereocenters. The highest BCUT2D eigenvalue weighted by Gasteiger charge is 2.15. The quantitative estimate of drug-likeness (QED) is 0.571. The molecule has 2 aromatic carbocycles. The van der Waals surface area contributed by atoms with Crippen LogP contribution in [0.2, 0.25) is 0 Å². The molecule has 0 spiro atoms. The first-order valence-electron chi connectivity index (χ1n) is 8.59. The van der Waals surface area contributed by atoms with Crippen LogP contribution < -0.4 is 16.4 Å². The van der Waals surface area contributed by atoms with E-state index < -0.39 is 17.9 Å². The fourth-order valence-electron chi connectivity index (χ4n) is 2.79. The number of aryl methyl sites for hydroxylation is 1. The van der Waals surface area contributed by atoms with E-state index in [9.17, 15) is 14.4 Å². The van der Waals surface area contributed by atoms with Crippen LogP contribution in [0.4, 0.5) is 10.5 Å². The number of carboxylic acid groups (broad SMARTS) is 1. The number of carbonyl (C=O) groups excluding carboxylic acids is 2. The number of rotatable bonds is 8. The first-order chi connectivity index (χ1) is 12.8. The monoisotopic (exact) mass is 369 g/mol. The van der Waals surface area contributed by atoms with E-state index in [1.807, 2.05) is 30.3 Å². The third kappa shape index (κ3) is 6.47. The highest BCUT2D eigenvalue weighted by atomic mass is 16.4. The molecule has 0 saturated heterocycles. The minimum atomic E-state index is -0.909. The van der Waals surface area contributed by atoms with Crippen LogP contribution in [0.15, 0.2) is 48.5 Å². The number of urea groups is 1. The molecule has 2 rings (SSSR count). The first kappa shape index (κ1) is 20.0. The molecule has 5 N–H and O–H groups in total. The summed E-state index contributed by atoms with van der Waals surface area (Å²) in [4.78, 5) is 34.5. The third-order valence-electron chi connectivity index (χ3n) is 4.12. The Labute approximate surface area is 157 Å². The molecule has 0 fully saturated rings. The van der Waals surface area contributed by atoms with Gasteiger partial charge in [0, 0.05) is 23.7 Å². The van der Waals surface area contributed by atoms with Crippen molar-refractivity contribution in [3.63, 3.8) is 0 Å². The molecule has 142 valence electrons. The summed E-state index contributed by atoms with van der Waals surface area (Å²) in [5, 5.41) is 14.5. The van der Waals surface area contributed by atoms with Crippen molar-refractivity contribution < 1.29 is 19.5 Å². The summed E-state index contributed by atoms with van der Waals surface area (Å²) in [6.45, 7) is 1.73. The van der Waals surface area contributed by atoms with E-state index in [2.05, 4.69) is 10.6 Å². The van der Waals surface area contributed by atoms with E-state index >= 15 is 0 Å². The van der Waals surface area contributed by atoms with E-state index in [-0.39, 0.29) is 12.5 Å². The SMILES string of the molecule is Cc1cc(NC(=O)NC(CCC(=O)O)Cc2ccccc2)ccc1C(N)=O. The predicted octanol–water partition coefficient (Wildman–Crippen LogP) is 2.69. The summed E-state index contributed by atoms with van der Waals surface area (Å²) in [7, 11) is 0. The van der Waals surface area contributed by atoms with Gasteiger partial charge in [0.1, 0.15) is 0 Å². The van der Waals surface area contributed by atoms with Gasteiger partial charge in [0.25, 0.3) is 0 Å². The molecule has 1 unspecified atom stereocenters. The molecule has 27 heavy (non-hydrogen) atoms. The van der Waals surface area contributed by atoms with Crippen molar-refractivity contribution >= 4 is 23.6 Å². The van der Waals surface area contributed by atoms with Crippen LogP contribution >= 0.6 is 0 Å². The molecule has 0 aliphatic rings. The zero-order valence-electron chi connectivity index (χ0n) is 15.1. The van der Waals surface area contributed by atoms with Crippen molar-refractivity contribution in [1.82, 2.24) is 5.32 Å². The largest absolute Gasteiger partial charge is 0.481 e. The van der Waals surface area contributed by atoms with Gasteiger partial charge in [-0.25, -0.2) is 4.79 Å². The van der Waals surface area contributed by atoms with Gasteiger partial charge in [0.15, 0.2) is 0 Å². The lowest BCUT2D eigenvalue weighted by Crippen LogP contribution is -2.39. The molecule has 0 aromatic heterocycles. The third-order valence-corrected chi connectivity index (χ3v) is 4.12. The summed E-state index contributed by atoms with van der Waals surface area (Å²) in [6.07, 6.45) is 0.808. The number of hydrogen-bond donors (Lipinski definition) is 4. The summed E-state index contributed by atoms with van der Waals surface area (Å²) in [5.74, 6) is -1.44. The molecule has 2 aromatic rings. The van der Waals surface area contributed by atoms with Crippen LogP contribution in [0, 0.1) is 6.92 Å². The van der Waals surface area contributed by atoms with E-state index in [0.717, 1.165) is 5.56 Å². The number of carboxylic acids is 1. The topological polar surface area (TPSA) is 122 Å². The Balaban J connectivity index is 2.02. The van der Waals surface area contributed by atoms with Crippen LogP contribution in [0.3, 0.4) is 0 Å². The highest BCUT2D eigenvalue weighted by molar-refractivity contribution is 5.96. The molecule has 7 nitrogen and oxygen atoms in total. The van der Waals surface area contributed by atoms with Gasteiger partial charge in [-0.05, 0) is 49.1 Å². The smallest absolute Gasteiger partial charge is 0.319 e. The van der Waals surface area contributed by atoms with E-state index in [1.54, 1.807) is 25.1 Å². The molecule has 0 radical (unpaired) electrons. The minimum Gasteiger partial charge on any atom is -0.481 e. The summed E-state index contributed by atoms with van der Waals surface area (Å²) >= 11 is 0. The number of amides is 3. The van der Waals surface area contributed by atoms with Crippen molar-refractivity contribution in [1.29, 1.82) is 0 Å². The van der Waals surface area contributed by atoms with Gasteiger partial charge in [-0.2, -0.15) is 0 Å². The molecular formula is C20H23N3O4. The Morgan fingerprint density at radius 3 is 2.41 bits per heavy atom. The lowest BCUT2D eigenvalue weighted by atomic mass is 10.0. The summed E-state index contributed by atoms with van der Waals surface area (Å²) < 4.78 is 0. The number of nitrogens with two attached hydrogens (primary N) is 1. The molecule has 0 aliphatic carbocycles. The van der Waals surface area contributed by atoms with Crippen LogP contribution in [-0.4, -0.2) is 29.1 Å². The van der Waals surface area contributed by atoms with Gasteiger partial charge in [0.2, 0.25) is 5.91 Å². The Morgan fingerprint density at radius 1 is 1.11 bits per heavy atom. The Hall–Kier alpha value is -3.35. The maximum atomic E-state index is 12.3. The summed E-state index contributed by atoms with van der Waals surface area (Å²) in [5.41, 5.74) is 7.86. The van der Waals surface area contributed by atoms with Crippen molar-refractivity contribution in [3.05, 3.63) is 65.2 Å². The molecule has 3 amide bonds. The average Bonchev–Trinajstić information content (AvgIpc) is 2.60. The fraction of sp³-hybridized carbons (Fsp3) is 0.250. The van der Waals surface area contributed by atoms with Gasteiger partial charge >= 0.3 is 12.0 Å². The van der Waals surface area contributed by atoms with Crippen molar-refractivity contribution in [2.45, 2.75) is 32.2 Å². The minimum absolute atomic E-state index is 0.0375. The predicted molar refractivity (Wildman–Crippen MR) is 103 cm³/mol. The van der Waals surface area contributed by atoms with Gasteiger partial charge in [0.05, 0.1) is 0 Å². The van der Waals surface area contributed by atoms with Crippen LogP contribution in [-0.2, 0) is 11.2 Å². The second kappa shape index (κ2) is 9.38. The van der Waals surface area contributed by atoms with Crippen molar-refractivity contribution in [2.24, 2.45) is 5.73 Å². The number of aliphatic carboxylic acids is 1. The van der Waals surface area contributed by atoms with Crippen LogP contribution in [0.25, 0.3) is 0 Å². The zero-order chi connectivity index (χ0) is 19.8. The molecule has 0 bridgehead atoms. The first-order valence-corrected chi connectivity index (χ1v) is 8.59. The van der Waals surface area contributed by atoms with Gasteiger partial charge in [-0.3, -0.25) is 9.59 Å². The number of anilines is 1. The number of primary amides is 1. The van der Waals surface area contributed by atoms with Gasteiger partial charge in [-0.1, -0.05) is 30.3 Å². The lowest BCUT2D eigenvalue weighted by Gasteiger charge is -2.19. The number of nitrogens with one attached hydrogen (secondary N) is 2. The zero-order valence-corrected chi connectivity index (χ0v) is 15.1. The Kier molecular flexibility index (Phi) is 6.93. The summed E-state index contributed by atoms with van der Waals surface area (Å²) in [6, 6.07) is 13.6. The second-order valence-electron chi connectivity index (χ2n) is 6.31. The Morgan fingerprint density at radius 2 is 1.81 bits per heavy atom. The lowest BCUT2D eigenvalue weighted by molar-refractivity contribution is -0.137. The van der Waals surface area contributed by atoms with Crippen LogP contribution in [0.1, 0.15) is 34.3 Å². The van der Waals surface area contributed by atoms with E-state index in [0.29, 0.717) is 29.7 Å². The standard InChI is InChI=1S/C20H23N3O4/c1-13-11-15(7-9-17(13)19(21)26)22-20(27)23-16(8-10-18(24)25)12-14-5-3-2-4-6-14/h2-7,9,11,16H,8,10,12H2,1H3,(H2,21,26)(H,24,25)(H2,22,23,27). The maximum absolute atomic E-state index is 12.3. The van der Waals surface area contributed by atoms with Gasteiger partial charge in [-0.15, -0.1) is 0 Å². The van der Waals surface area contributed by atoms with Crippen molar-refractivity contribution in [2.75, 3.05) is 5.32 Å². The molecule has 0 heterocycles. The molecule has 7 heteroatoms. The fourth-order valence-corrected chi connectivity index (χ4v) is 2.79. The molecule has 0 aliphatic heterocycles. The number of benzene rings is 2. The second-order valence-corrected chi connectivity index (χ2v) is 6.31. The number of carbonyl (C=O) groups is 3. The van der Waals surface area contributed by atoms with E-state index in [4.69, 9.17) is 10.8 Å². The number of hydrogen-bond acceptors (Lipinski definition) is 3. The highest BCUT2D eigenvalue weighted by Crippen LogP contribution is 2.15. The maximum Gasteiger partial charge on any atom is 0.319 e. The Bertz CT molecular complexity index is 821. The average molecular weight is 369 g/mol.